The molecular formula is C16H17NO6S. The highest BCUT2D eigenvalue weighted by Gasteiger charge is 2.26. The van der Waals surface area contributed by atoms with Gasteiger partial charge in [-0.2, -0.15) is 0 Å². The van der Waals surface area contributed by atoms with Crippen molar-refractivity contribution in [3.05, 3.63) is 48.0 Å². The van der Waals surface area contributed by atoms with Gasteiger partial charge in [0.25, 0.3) is 10.0 Å². The van der Waals surface area contributed by atoms with E-state index < -0.39 is 16.0 Å². The quantitative estimate of drug-likeness (QED) is 0.858. The number of sulfonamides is 1. The number of anilines is 1. The van der Waals surface area contributed by atoms with Crippen LogP contribution in [-0.2, 0) is 10.0 Å². The summed E-state index contributed by atoms with van der Waals surface area (Å²) in [4.78, 5) is 11.3. The lowest BCUT2D eigenvalue weighted by Gasteiger charge is -2.21. The lowest BCUT2D eigenvalue weighted by atomic mass is 10.2. The summed E-state index contributed by atoms with van der Waals surface area (Å²) in [7, 11) is 0.174. The van der Waals surface area contributed by atoms with E-state index in [0.717, 1.165) is 4.31 Å². The van der Waals surface area contributed by atoms with Crippen LogP contribution in [0.15, 0.2) is 47.4 Å². The van der Waals surface area contributed by atoms with Gasteiger partial charge in [0.15, 0.2) is 11.5 Å². The summed E-state index contributed by atoms with van der Waals surface area (Å²) < 4.78 is 36.8. The molecule has 0 aliphatic carbocycles. The Morgan fingerprint density at radius 1 is 1.04 bits per heavy atom. The van der Waals surface area contributed by atoms with Gasteiger partial charge in [0.2, 0.25) is 0 Å². The third-order valence-electron chi connectivity index (χ3n) is 3.49. The predicted molar refractivity (Wildman–Crippen MR) is 88.5 cm³/mol. The van der Waals surface area contributed by atoms with Crippen molar-refractivity contribution >= 4 is 21.7 Å². The maximum Gasteiger partial charge on any atom is 0.337 e. The molecule has 2 aromatic carbocycles. The van der Waals surface area contributed by atoms with Gasteiger partial charge in [0.05, 0.1) is 30.4 Å². The molecule has 0 unspecified atom stereocenters. The Morgan fingerprint density at radius 2 is 1.67 bits per heavy atom. The topological polar surface area (TPSA) is 93.1 Å². The molecule has 0 atom stereocenters. The van der Waals surface area contributed by atoms with Crippen LogP contribution in [0.5, 0.6) is 11.5 Å². The molecule has 1 N–H and O–H groups in total. The van der Waals surface area contributed by atoms with E-state index in [1.54, 1.807) is 6.07 Å². The van der Waals surface area contributed by atoms with E-state index >= 15 is 0 Å². The Bertz CT molecular complexity index is 863. The van der Waals surface area contributed by atoms with Crippen molar-refractivity contribution in [3.8, 4) is 11.5 Å². The highest BCUT2D eigenvalue weighted by Crippen LogP contribution is 2.32. The number of ether oxygens (including phenoxy) is 2. The molecule has 0 bridgehead atoms. The summed E-state index contributed by atoms with van der Waals surface area (Å²) in [5, 5.41) is 9.24. The molecule has 0 radical (unpaired) electrons. The van der Waals surface area contributed by atoms with Crippen LogP contribution in [0.1, 0.15) is 10.4 Å². The second kappa shape index (κ2) is 6.79. The van der Waals surface area contributed by atoms with Gasteiger partial charge in [-0.25, -0.2) is 13.2 Å². The largest absolute Gasteiger partial charge is 0.493 e. The second-order valence-corrected chi connectivity index (χ2v) is 6.78. The first kappa shape index (κ1) is 17.6. The Balaban J connectivity index is 2.53. The van der Waals surface area contributed by atoms with Crippen LogP contribution in [-0.4, -0.2) is 40.8 Å². The smallest absolute Gasteiger partial charge is 0.337 e. The lowest BCUT2D eigenvalue weighted by Crippen LogP contribution is -2.28. The first-order valence-corrected chi connectivity index (χ1v) is 8.30. The number of nitrogens with zero attached hydrogens (tertiary/aromatic N) is 1. The molecule has 128 valence electrons. The number of carbonyl (C=O) groups is 1. The minimum Gasteiger partial charge on any atom is -0.493 e. The number of hydrogen-bond donors (Lipinski definition) is 1. The molecule has 2 rings (SSSR count). The van der Waals surface area contributed by atoms with Crippen LogP contribution in [0.3, 0.4) is 0 Å². The average Bonchev–Trinajstić information content (AvgIpc) is 2.60. The maximum absolute atomic E-state index is 12.8. The van der Waals surface area contributed by atoms with Gasteiger partial charge in [0.1, 0.15) is 0 Å². The maximum atomic E-state index is 12.8. The molecule has 7 nitrogen and oxygen atoms in total. The van der Waals surface area contributed by atoms with Crippen molar-refractivity contribution in [1.82, 2.24) is 0 Å². The zero-order valence-electron chi connectivity index (χ0n) is 13.4. The molecule has 8 heteroatoms. The molecule has 24 heavy (non-hydrogen) atoms. The van der Waals surface area contributed by atoms with Gasteiger partial charge in [-0.05, 0) is 24.3 Å². The molecular weight excluding hydrogens is 334 g/mol. The van der Waals surface area contributed by atoms with Crippen LogP contribution >= 0.6 is 0 Å². The summed E-state index contributed by atoms with van der Waals surface area (Å²) >= 11 is 0. The first-order chi connectivity index (χ1) is 11.3. The zero-order valence-corrected chi connectivity index (χ0v) is 14.2. The van der Waals surface area contributed by atoms with E-state index in [4.69, 9.17) is 9.47 Å². The van der Waals surface area contributed by atoms with Crippen LogP contribution in [0.25, 0.3) is 0 Å². The van der Waals surface area contributed by atoms with Gasteiger partial charge in [-0.3, -0.25) is 4.31 Å². The standard InChI is InChI=1S/C16H17NO6S/c1-17(13-7-5-4-6-12(13)16(18)19)24(20,21)11-8-9-14(22-2)15(10-11)23-3/h4-10H,1-3H3,(H,18,19). The van der Waals surface area contributed by atoms with Gasteiger partial charge < -0.3 is 14.6 Å². The first-order valence-electron chi connectivity index (χ1n) is 6.86. The van der Waals surface area contributed by atoms with Crippen molar-refractivity contribution in [3.63, 3.8) is 0 Å². The molecule has 0 amide bonds. The van der Waals surface area contributed by atoms with E-state index in [0.29, 0.717) is 5.75 Å². The van der Waals surface area contributed by atoms with Gasteiger partial charge in [0, 0.05) is 13.1 Å². The second-order valence-electron chi connectivity index (χ2n) is 4.81. The molecule has 0 saturated heterocycles. The predicted octanol–water partition coefficient (Wildman–Crippen LogP) is 2.23. The van der Waals surface area contributed by atoms with E-state index in [1.165, 1.54) is 57.7 Å². The van der Waals surface area contributed by atoms with Crippen molar-refractivity contribution in [1.29, 1.82) is 0 Å². The fraction of sp³-hybridized carbons (Fsp3) is 0.188. The fourth-order valence-electron chi connectivity index (χ4n) is 2.19. The van der Waals surface area contributed by atoms with E-state index in [2.05, 4.69) is 0 Å². The Labute approximate surface area is 140 Å². The molecule has 0 aliphatic rings. The number of methoxy groups -OCH3 is 2. The normalized spacial score (nSPS) is 11.0. The fourth-order valence-corrected chi connectivity index (χ4v) is 3.42. The highest BCUT2D eigenvalue weighted by atomic mass is 32.2. The van der Waals surface area contributed by atoms with Crippen LogP contribution in [0.2, 0.25) is 0 Å². The zero-order chi connectivity index (χ0) is 17.9. The number of rotatable bonds is 6. The van der Waals surface area contributed by atoms with Gasteiger partial charge in [-0.1, -0.05) is 12.1 Å². The van der Waals surface area contributed by atoms with Crippen LogP contribution in [0, 0.1) is 0 Å². The SMILES string of the molecule is COc1ccc(S(=O)(=O)N(C)c2ccccc2C(=O)O)cc1OC. The summed E-state index contributed by atoms with van der Waals surface area (Å²) in [6.07, 6.45) is 0. The summed E-state index contributed by atoms with van der Waals surface area (Å²) in [6, 6.07) is 10.1. The van der Waals surface area contributed by atoms with Gasteiger partial charge in [-0.15, -0.1) is 0 Å². The number of carboxylic acid groups (broad SMARTS) is 1. The number of para-hydroxylation sites is 1. The highest BCUT2D eigenvalue weighted by molar-refractivity contribution is 7.92. The van der Waals surface area contributed by atoms with Crippen molar-refractivity contribution in [2.24, 2.45) is 0 Å². The molecule has 0 fully saturated rings. The molecule has 0 heterocycles. The minimum absolute atomic E-state index is 0.0390. The molecule has 0 aliphatic heterocycles. The van der Waals surface area contributed by atoms with E-state index in [-0.39, 0.29) is 21.9 Å². The van der Waals surface area contributed by atoms with Crippen molar-refractivity contribution in [2.75, 3.05) is 25.6 Å². The van der Waals surface area contributed by atoms with Crippen LogP contribution < -0.4 is 13.8 Å². The molecule has 0 spiro atoms. The van der Waals surface area contributed by atoms with Crippen molar-refractivity contribution < 1.29 is 27.8 Å². The number of aromatic carboxylic acids is 1. The molecule has 2 aromatic rings. The Kier molecular flexibility index (Phi) is 4.99. The number of benzene rings is 2. The van der Waals surface area contributed by atoms with E-state index in [1.807, 2.05) is 0 Å². The average molecular weight is 351 g/mol. The van der Waals surface area contributed by atoms with Crippen molar-refractivity contribution in [2.45, 2.75) is 4.90 Å². The van der Waals surface area contributed by atoms with Crippen LogP contribution in [0.4, 0.5) is 5.69 Å². The summed E-state index contributed by atoms with van der Waals surface area (Å²) in [6.45, 7) is 0. The third-order valence-corrected chi connectivity index (χ3v) is 5.25. The molecule has 0 saturated carbocycles. The Morgan fingerprint density at radius 3 is 2.25 bits per heavy atom. The number of hydrogen-bond acceptors (Lipinski definition) is 5. The summed E-state index contributed by atoms with van der Waals surface area (Å²) in [5.41, 5.74) is -0.0381. The van der Waals surface area contributed by atoms with E-state index in [9.17, 15) is 18.3 Å². The Hall–Kier alpha value is -2.74. The summed E-state index contributed by atoms with van der Waals surface area (Å²) in [5.74, 6) is -0.552. The number of carboxylic acids is 1. The third kappa shape index (κ3) is 3.13. The minimum atomic E-state index is -3.97. The van der Waals surface area contributed by atoms with Gasteiger partial charge >= 0.3 is 5.97 Å². The monoisotopic (exact) mass is 351 g/mol. The molecule has 0 aromatic heterocycles. The lowest BCUT2D eigenvalue weighted by molar-refractivity contribution is 0.0698.